The van der Waals surface area contributed by atoms with Gasteiger partial charge < -0.3 is 10.8 Å². The van der Waals surface area contributed by atoms with Crippen LogP contribution in [-0.4, -0.2) is 11.7 Å². The molecule has 112 valence electrons. The van der Waals surface area contributed by atoms with Crippen molar-refractivity contribution in [1.82, 2.24) is 0 Å². The topological polar surface area (TPSA) is 46.2 Å². The van der Waals surface area contributed by atoms with Crippen molar-refractivity contribution in [2.45, 2.75) is 18.9 Å². The van der Waals surface area contributed by atoms with Gasteiger partial charge in [0.1, 0.15) is 11.6 Å². The van der Waals surface area contributed by atoms with Crippen LogP contribution >= 0.6 is 11.6 Å². The van der Waals surface area contributed by atoms with Crippen molar-refractivity contribution in [2.24, 2.45) is 5.73 Å². The largest absolute Gasteiger partial charge is 0.388 e. The molecular formula is C16H16ClF2NO. The molecule has 0 saturated heterocycles. The number of aliphatic hydroxyl groups excluding tert-OH is 1. The third-order valence-electron chi connectivity index (χ3n) is 3.47. The Morgan fingerprint density at radius 3 is 2.38 bits per heavy atom. The Kier molecular flexibility index (Phi) is 4.93. The summed E-state index contributed by atoms with van der Waals surface area (Å²) in [4.78, 5) is 0. The molecule has 0 fully saturated rings. The van der Waals surface area contributed by atoms with Crippen LogP contribution < -0.4 is 5.73 Å². The molecule has 2 aromatic carbocycles. The summed E-state index contributed by atoms with van der Waals surface area (Å²) in [6, 6.07) is 8.43. The lowest BCUT2D eigenvalue weighted by molar-refractivity contribution is 0.145. The summed E-state index contributed by atoms with van der Waals surface area (Å²) >= 11 is 6.12. The third kappa shape index (κ3) is 3.40. The fraction of sp³-hybridized carbons (Fsp3) is 0.250. The van der Waals surface area contributed by atoms with Crippen LogP contribution in [0.4, 0.5) is 8.78 Å². The molecule has 0 bridgehead atoms. The SMILES string of the molecule is Cc1ccc(C(O)C(CN)c2ccc(F)cc2F)c(Cl)c1. The molecule has 21 heavy (non-hydrogen) atoms. The van der Waals surface area contributed by atoms with Crippen molar-refractivity contribution < 1.29 is 13.9 Å². The van der Waals surface area contributed by atoms with E-state index < -0.39 is 23.7 Å². The lowest BCUT2D eigenvalue weighted by atomic mass is 9.88. The first-order chi connectivity index (χ1) is 9.93. The van der Waals surface area contributed by atoms with Crippen LogP contribution in [0.2, 0.25) is 5.02 Å². The van der Waals surface area contributed by atoms with Gasteiger partial charge in [0.15, 0.2) is 0 Å². The smallest absolute Gasteiger partial charge is 0.129 e. The van der Waals surface area contributed by atoms with Crippen LogP contribution in [0, 0.1) is 18.6 Å². The number of rotatable bonds is 4. The van der Waals surface area contributed by atoms with E-state index in [9.17, 15) is 13.9 Å². The molecule has 0 amide bonds. The van der Waals surface area contributed by atoms with E-state index in [0.29, 0.717) is 10.6 Å². The van der Waals surface area contributed by atoms with Crippen LogP contribution in [0.15, 0.2) is 36.4 Å². The van der Waals surface area contributed by atoms with E-state index in [1.165, 1.54) is 6.07 Å². The van der Waals surface area contributed by atoms with Crippen LogP contribution in [0.1, 0.15) is 28.7 Å². The fourth-order valence-corrected chi connectivity index (χ4v) is 2.66. The van der Waals surface area contributed by atoms with Crippen LogP contribution in [0.5, 0.6) is 0 Å². The second-order valence-electron chi connectivity index (χ2n) is 4.98. The molecule has 0 radical (unpaired) electrons. The van der Waals surface area contributed by atoms with E-state index >= 15 is 0 Å². The van der Waals surface area contributed by atoms with Gasteiger partial charge in [-0.15, -0.1) is 0 Å². The highest BCUT2D eigenvalue weighted by Gasteiger charge is 2.26. The van der Waals surface area contributed by atoms with E-state index in [4.69, 9.17) is 17.3 Å². The van der Waals surface area contributed by atoms with Gasteiger partial charge in [-0.3, -0.25) is 0 Å². The van der Waals surface area contributed by atoms with Crippen LogP contribution in [0.3, 0.4) is 0 Å². The lowest BCUT2D eigenvalue weighted by Crippen LogP contribution is -2.21. The number of aryl methyl sites for hydroxylation is 1. The normalized spacial score (nSPS) is 14.0. The molecule has 2 aromatic rings. The highest BCUT2D eigenvalue weighted by Crippen LogP contribution is 2.35. The van der Waals surface area contributed by atoms with Crippen molar-refractivity contribution in [3.8, 4) is 0 Å². The highest BCUT2D eigenvalue weighted by molar-refractivity contribution is 6.31. The molecule has 0 aliphatic carbocycles. The van der Waals surface area contributed by atoms with Gasteiger partial charge in [-0.2, -0.15) is 0 Å². The Balaban J connectivity index is 2.40. The van der Waals surface area contributed by atoms with Gasteiger partial charge in [-0.05, 0) is 35.7 Å². The van der Waals surface area contributed by atoms with Crippen molar-refractivity contribution in [2.75, 3.05) is 6.54 Å². The zero-order valence-electron chi connectivity index (χ0n) is 11.5. The van der Waals surface area contributed by atoms with Gasteiger partial charge >= 0.3 is 0 Å². The zero-order chi connectivity index (χ0) is 15.6. The first kappa shape index (κ1) is 15.9. The Morgan fingerprint density at radius 2 is 1.81 bits per heavy atom. The Bertz CT molecular complexity index is 648. The zero-order valence-corrected chi connectivity index (χ0v) is 12.2. The summed E-state index contributed by atoms with van der Waals surface area (Å²) < 4.78 is 26.9. The number of halogens is 3. The summed E-state index contributed by atoms with van der Waals surface area (Å²) in [5.74, 6) is -2.10. The molecule has 0 aliphatic heterocycles. The van der Waals surface area contributed by atoms with Gasteiger partial charge in [0.25, 0.3) is 0 Å². The third-order valence-corrected chi connectivity index (χ3v) is 3.80. The lowest BCUT2D eigenvalue weighted by Gasteiger charge is -2.23. The number of benzene rings is 2. The Labute approximate surface area is 127 Å². The minimum absolute atomic E-state index is 0.00786. The molecule has 3 N–H and O–H groups in total. The predicted octanol–water partition coefficient (Wildman–Crippen LogP) is 3.70. The van der Waals surface area contributed by atoms with Crippen molar-refractivity contribution in [3.63, 3.8) is 0 Å². The Morgan fingerprint density at radius 1 is 1.14 bits per heavy atom. The fourth-order valence-electron chi connectivity index (χ4n) is 2.32. The second-order valence-corrected chi connectivity index (χ2v) is 5.39. The van der Waals surface area contributed by atoms with Gasteiger partial charge in [0.2, 0.25) is 0 Å². The first-order valence-corrected chi connectivity index (χ1v) is 6.91. The molecular weight excluding hydrogens is 296 g/mol. The van der Waals surface area contributed by atoms with Crippen molar-refractivity contribution >= 4 is 11.6 Å². The van der Waals surface area contributed by atoms with Gasteiger partial charge in [0, 0.05) is 23.6 Å². The standard InChI is InChI=1S/C16H16ClF2NO/c1-9-2-4-12(14(17)6-9)16(21)13(8-20)11-5-3-10(18)7-15(11)19/h2-7,13,16,21H,8,20H2,1H3. The summed E-state index contributed by atoms with van der Waals surface area (Å²) in [5, 5.41) is 10.9. The molecule has 2 unspecified atom stereocenters. The Hall–Kier alpha value is -1.49. The quantitative estimate of drug-likeness (QED) is 0.904. The summed E-state index contributed by atoms with van der Waals surface area (Å²) in [6.45, 7) is 1.88. The highest BCUT2D eigenvalue weighted by atomic mass is 35.5. The summed E-state index contributed by atoms with van der Waals surface area (Å²) in [5.41, 5.74) is 7.26. The molecule has 0 spiro atoms. The molecule has 2 nitrogen and oxygen atoms in total. The van der Waals surface area contributed by atoms with Crippen LogP contribution in [-0.2, 0) is 0 Å². The maximum absolute atomic E-state index is 13.9. The average molecular weight is 312 g/mol. The minimum Gasteiger partial charge on any atom is -0.388 e. The van der Waals surface area contributed by atoms with E-state index in [2.05, 4.69) is 0 Å². The summed E-state index contributed by atoms with van der Waals surface area (Å²) in [6.07, 6.45) is -1.07. The van der Waals surface area contributed by atoms with E-state index in [-0.39, 0.29) is 12.1 Å². The van der Waals surface area contributed by atoms with E-state index in [0.717, 1.165) is 17.7 Å². The van der Waals surface area contributed by atoms with Gasteiger partial charge in [0.05, 0.1) is 6.10 Å². The summed E-state index contributed by atoms with van der Waals surface area (Å²) in [7, 11) is 0. The molecule has 2 rings (SSSR count). The predicted molar refractivity (Wildman–Crippen MR) is 79.3 cm³/mol. The van der Waals surface area contributed by atoms with Crippen molar-refractivity contribution in [1.29, 1.82) is 0 Å². The van der Waals surface area contributed by atoms with Gasteiger partial charge in [-0.25, -0.2) is 8.78 Å². The van der Waals surface area contributed by atoms with Crippen LogP contribution in [0.25, 0.3) is 0 Å². The van der Waals surface area contributed by atoms with E-state index in [1.807, 2.05) is 6.92 Å². The molecule has 0 aliphatic rings. The molecule has 2 atom stereocenters. The maximum Gasteiger partial charge on any atom is 0.129 e. The molecule has 0 aromatic heterocycles. The first-order valence-electron chi connectivity index (χ1n) is 6.53. The average Bonchev–Trinajstić information content (AvgIpc) is 2.41. The number of nitrogens with two attached hydrogens (primary N) is 1. The number of aliphatic hydroxyl groups is 1. The monoisotopic (exact) mass is 311 g/mol. The maximum atomic E-state index is 13.9. The van der Waals surface area contributed by atoms with Gasteiger partial charge in [-0.1, -0.05) is 29.8 Å². The minimum atomic E-state index is -1.07. The van der Waals surface area contributed by atoms with Crippen molar-refractivity contribution in [3.05, 3.63) is 69.7 Å². The van der Waals surface area contributed by atoms with E-state index in [1.54, 1.807) is 18.2 Å². The number of hydrogen-bond acceptors (Lipinski definition) is 2. The molecule has 0 heterocycles. The second kappa shape index (κ2) is 6.52. The number of hydrogen-bond donors (Lipinski definition) is 2. The molecule has 0 saturated carbocycles. The molecule has 5 heteroatoms.